The fourth-order valence-electron chi connectivity index (χ4n) is 1.59. The Balaban J connectivity index is 2.03. The molecule has 2 rings (SSSR count). The Morgan fingerprint density at radius 2 is 1.85 bits per heavy atom. The van der Waals surface area contributed by atoms with Crippen molar-refractivity contribution in [2.24, 2.45) is 0 Å². The average Bonchev–Trinajstić information content (AvgIpc) is 2.85. The van der Waals surface area contributed by atoms with Gasteiger partial charge in [0.1, 0.15) is 0 Å². The smallest absolute Gasteiger partial charge is 0.328 e. The van der Waals surface area contributed by atoms with Crippen LogP contribution in [0, 0.1) is 6.92 Å². The van der Waals surface area contributed by atoms with Gasteiger partial charge in [0.2, 0.25) is 0 Å². The molecule has 0 spiro atoms. The molecule has 0 unspecified atom stereocenters. The number of carbonyl (C=O) groups excluding carboxylic acids is 1. The minimum atomic E-state index is -0.990. The van der Waals surface area contributed by atoms with Crippen molar-refractivity contribution in [2.45, 2.75) is 6.92 Å². The zero-order valence-electron chi connectivity index (χ0n) is 10.8. The maximum Gasteiger partial charge on any atom is 0.328 e. The van der Waals surface area contributed by atoms with Crippen molar-refractivity contribution in [3.8, 4) is 0 Å². The van der Waals surface area contributed by atoms with E-state index in [0.29, 0.717) is 10.6 Å². The largest absolute Gasteiger partial charge is 0.478 e. The summed E-state index contributed by atoms with van der Waals surface area (Å²) in [6, 6.07) is 10.7. The Morgan fingerprint density at radius 3 is 2.40 bits per heavy atom. The molecule has 0 bridgehead atoms. The van der Waals surface area contributed by atoms with Crippen molar-refractivity contribution in [1.29, 1.82) is 0 Å². The van der Waals surface area contributed by atoms with Gasteiger partial charge in [-0.05, 0) is 42.8 Å². The molecule has 0 aliphatic rings. The molecule has 0 radical (unpaired) electrons. The zero-order valence-corrected chi connectivity index (χ0v) is 11.6. The van der Waals surface area contributed by atoms with Gasteiger partial charge in [0.15, 0.2) is 0 Å². The number of thiophene rings is 1. The van der Waals surface area contributed by atoms with Gasteiger partial charge >= 0.3 is 5.97 Å². The van der Waals surface area contributed by atoms with Crippen LogP contribution in [0.5, 0.6) is 0 Å². The number of nitrogens with one attached hydrogen (secondary N) is 1. The van der Waals surface area contributed by atoms with Crippen molar-refractivity contribution < 1.29 is 14.7 Å². The van der Waals surface area contributed by atoms with Gasteiger partial charge in [0, 0.05) is 16.6 Å². The van der Waals surface area contributed by atoms with E-state index in [1.807, 2.05) is 13.0 Å². The van der Waals surface area contributed by atoms with Gasteiger partial charge in [-0.15, -0.1) is 11.3 Å². The highest BCUT2D eigenvalue weighted by atomic mass is 32.1. The topological polar surface area (TPSA) is 66.4 Å². The summed E-state index contributed by atoms with van der Waals surface area (Å²) in [6.45, 7) is 1.95. The Kier molecular flexibility index (Phi) is 4.32. The predicted molar refractivity (Wildman–Crippen MR) is 80.1 cm³/mol. The van der Waals surface area contributed by atoms with Crippen LogP contribution in [0.4, 0.5) is 5.69 Å². The van der Waals surface area contributed by atoms with E-state index in [9.17, 15) is 9.59 Å². The van der Waals surface area contributed by atoms with Crippen LogP contribution >= 0.6 is 11.3 Å². The van der Waals surface area contributed by atoms with Gasteiger partial charge in [-0.2, -0.15) is 0 Å². The molecule has 4 nitrogen and oxygen atoms in total. The number of benzene rings is 1. The van der Waals surface area contributed by atoms with Crippen molar-refractivity contribution in [3.63, 3.8) is 0 Å². The quantitative estimate of drug-likeness (QED) is 0.847. The third-order valence-corrected chi connectivity index (χ3v) is 3.55. The number of carboxylic acid groups (broad SMARTS) is 1. The molecule has 2 aromatic rings. The molecule has 20 heavy (non-hydrogen) atoms. The minimum absolute atomic E-state index is 0.142. The molecular formula is C15H13NO3S. The summed E-state index contributed by atoms with van der Waals surface area (Å²) in [4.78, 5) is 24.1. The molecule has 0 aliphatic heterocycles. The van der Waals surface area contributed by atoms with Crippen LogP contribution < -0.4 is 5.32 Å². The van der Waals surface area contributed by atoms with Crippen LogP contribution in [0.15, 0.2) is 42.5 Å². The van der Waals surface area contributed by atoms with Crippen LogP contribution in [-0.4, -0.2) is 17.0 Å². The van der Waals surface area contributed by atoms with Gasteiger partial charge in [-0.3, -0.25) is 4.79 Å². The second-order valence-electron chi connectivity index (χ2n) is 4.16. The minimum Gasteiger partial charge on any atom is -0.478 e. The normalized spacial score (nSPS) is 10.7. The molecule has 0 aliphatic carbocycles. The van der Waals surface area contributed by atoms with Crippen LogP contribution in [0.3, 0.4) is 0 Å². The number of aliphatic carboxylic acids is 1. The van der Waals surface area contributed by atoms with E-state index in [1.165, 1.54) is 17.4 Å². The molecule has 0 atom stereocenters. The van der Waals surface area contributed by atoms with Crippen molar-refractivity contribution >= 4 is 35.0 Å². The van der Waals surface area contributed by atoms with E-state index in [1.54, 1.807) is 30.3 Å². The summed E-state index contributed by atoms with van der Waals surface area (Å²) in [6.07, 6.45) is 2.57. The summed E-state index contributed by atoms with van der Waals surface area (Å²) in [5, 5.41) is 11.3. The summed E-state index contributed by atoms with van der Waals surface area (Å²) >= 11 is 1.44. The molecule has 1 heterocycles. The molecule has 0 fully saturated rings. The zero-order chi connectivity index (χ0) is 14.5. The monoisotopic (exact) mass is 287 g/mol. The van der Waals surface area contributed by atoms with Gasteiger partial charge < -0.3 is 10.4 Å². The Labute approximate surface area is 120 Å². The fraction of sp³-hybridized carbons (Fsp3) is 0.0667. The van der Waals surface area contributed by atoms with E-state index in [4.69, 9.17) is 5.11 Å². The molecule has 1 aromatic carbocycles. The van der Waals surface area contributed by atoms with E-state index in [2.05, 4.69) is 5.32 Å². The van der Waals surface area contributed by atoms with Crippen LogP contribution in [0.25, 0.3) is 6.08 Å². The van der Waals surface area contributed by atoms with Crippen molar-refractivity contribution in [3.05, 3.63) is 57.8 Å². The number of carboxylic acids is 1. The molecule has 102 valence electrons. The van der Waals surface area contributed by atoms with Gasteiger partial charge in [0.25, 0.3) is 5.91 Å². The van der Waals surface area contributed by atoms with E-state index in [-0.39, 0.29) is 5.91 Å². The standard InChI is InChI=1S/C15H13NO3S/c1-10-2-8-13(20-10)15(19)16-12-6-3-11(4-7-12)5-9-14(17)18/h2-9H,1H3,(H,16,19)(H,17,18)/b9-5+. The van der Waals surface area contributed by atoms with E-state index >= 15 is 0 Å². The summed E-state index contributed by atoms with van der Waals surface area (Å²) in [5.74, 6) is -1.13. The number of carbonyl (C=O) groups is 2. The van der Waals surface area contributed by atoms with Crippen LogP contribution in [-0.2, 0) is 4.79 Å². The molecule has 1 amide bonds. The molecular weight excluding hydrogens is 274 g/mol. The van der Waals surface area contributed by atoms with E-state index in [0.717, 1.165) is 16.5 Å². The lowest BCUT2D eigenvalue weighted by Crippen LogP contribution is -2.09. The fourth-order valence-corrected chi connectivity index (χ4v) is 2.36. The second kappa shape index (κ2) is 6.16. The molecule has 1 aromatic heterocycles. The maximum absolute atomic E-state index is 11.9. The predicted octanol–water partition coefficient (Wildman–Crippen LogP) is 3.41. The number of rotatable bonds is 4. The number of anilines is 1. The van der Waals surface area contributed by atoms with Gasteiger partial charge in [-0.1, -0.05) is 12.1 Å². The number of amides is 1. The Morgan fingerprint density at radius 1 is 1.15 bits per heavy atom. The lowest BCUT2D eigenvalue weighted by molar-refractivity contribution is -0.131. The van der Waals surface area contributed by atoms with Crippen LogP contribution in [0.2, 0.25) is 0 Å². The first kappa shape index (κ1) is 14.0. The molecule has 2 N–H and O–H groups in total. The van der Waals surface area contributed by atoms with E-state index < -0.39 is 5.97 Å². The highest BCUT2D eigenvalue weighted by Gasteiger charge is 2.07. The van der Waals surface area contributed by atoms with Gasteiger partial charge in [0.05, 0.1) is 4.88 Å². The third-order valence-electron chi connectivity index (χ3n) is 2.55. The number of hydrogen-bond donors (Lipinski definition) is 2. The highest BCUT2D eigenvalue weighted by molar-refractivity contribution is 7.14. The Bertz CT molecular complexity index is 656. The highest BCUT2D eigenvalue weighted by Crippen LogP contribution is 2.17. The number of aryl methyl sites for hydroxylation is 1. The summed E-state index contributed by atoms with van der Waals surface area (Å²) in [7, 11) is 0. The lowest BCUT2D eigenvalue weighted by Gasteiger charge is -2.03. The number of hydrogen-bond acceptors (Lipinski definition) is 3. The summed E-state index contributed by atoms with van der Waals surface area (Å²) in [5.41, 5.74) is 1.44. The van der Waals surface area contributed by atoms with Crippen molar-refractivity contribution in [2.75, 3.05) is 5.32 Å². The maximum atomic E-state index is 11.9. The van der Waals surface area contributed by atoms with Gasteiger partial charge in [-0.25, -0.2) is 4.79 Å². The summed E-state index contributed by atoms with van der Waals surface area (Å²) < 4.78 is 0. The van der Waals surface area contributed by atoms with Crippen LogP contribution in [0.1, 0.15) is 20.1 Å². The molecule has 0 saturated heterocycles. The molecule has 5 heteroatoms. The lowest BCUT2D eigenvalue weighted by atomic mass is 10.2. The first-order valence-corrected chi connectivity index (χ1v) is 6.75. The Hall–Kier alpha value is -2.40. The van der Waals surface area contributed by atoms with Crippen molar-refractivity contribution in [1.82, 2.24) is 0 Å². The SMILES string of the molecule is Cc1ccc(C(=O)Nc2ccc(/C=C/C(=O)O)cc2)s1. The first-order chi connectivity index (χ1) is 9.54. The second-order valence-corrected chi connectivity index (χ2v) is 5.45. The first-order valence-electron chi connectivity index (χ1n) is 5.93. The molecule has 0 saturated carbocycles. The third kappa shape index (κ3) is 3.80. The average molecular weight is 287 g/mol.